The fourth-order valence-corrected chi connectivity index (χ4v) is 3.63. The molecule has 0 radical (unpaired) electrons. The molecule has 0 fully saturated rings. The summed E-state index contributed by atoms with van der Waals surface area (Å²) >= 11 is 8.80. The maximum Gasteiger partial charge on any atom is 0.120 e. The Morgan fingerprint density at radius 2 is 2.06 bits per heavy atom. The summed E-state index contributed by atoms with van der Waals surface area (Å²) in [5, 5.41) is 5.50. The van der Waals surface area contributed by atoms with Gasteiger partial charge in [0.1, 0.15) is 5.75 Å². The van der Waals surface area contributed by atoms with Crippen LogP contribution in [-0.2, 0) is 0 Å². The Hall–Kier alpha value is -0.360. The van der Waals surface area contributed by atoms with E-state index in [4.69, 9.17) is 4.74 Å². The lowest BCUT2D eigenvalue weighted by atomic mass is 10.0. The summed E-state index contributed by atoms with van der Waals surface area (Å²) in [6.07, 6.45) is 0. The number of ether oxygens (including phenoxy) is 1. The molecule has 1 aromatic carbocycles. The van der Waals surface area contributed by atoms with Crippen molar-refractivity contribution in [1.29, 1.82) is 0 Å². The van der Waals surface area contributed by atoms with Crippen LogP contribution in [0.1, 0.15) is 17.2 Å². The van der Waals surface area contributed by atoms with Gasteiger partial charge < -0.3 is 10.1 Å². The highest BCUT2D eigenvalue weighted by Crippen LogP contribution is 2.34. The summed E-state index contributed by atoms with van der Waals surface area (Å²) in [4.78, 5) is 0. The number of halogens is 2. The zero-order valence-electron chi connectivity index (χ0n) is 10.0. The average Bonchev–Trinajstić information content (AvgIpc) is 2.78. The van der Waals surface area contributed by atoms with Gasteiger partial charge >= 0.3 is 0 Å². The van der Waals surface area contributed by atoms with Gasteiger partial charge in [-0.15, -0.1) is 11.3 Å². The van der Waals surface area contributed by atoms with Crippen LogP contribution < -0.4 is 10.1 Å². The van der Waals surface area contributed by atoms with E-state index in [2.05, 4.69) is 54.7 Å². The Balaban J connectivity index is 2.39. The number of thiophene rings is 1. The van der Waals surface area contributed by atoms with Gasteiger partial charge in [-0.3, -0.25) is 0 Å². The number of benzene rings is 1. The van der Waals surface area contributed by atoms with Crippen molar-refractivity contribution in [3.63, 3.8) is 0 Å². The highest BCUT2D eigenvalue weighted by atomic mass is 79.9. The van der Waals surface area contributed by atoms with Crippen LogP contribution >= 0.6 is 43.2 Å². The zero-order chi connectivity index (χ0) is 13.1. The standard InChI is InChI=1S/C13H13Br2NOS/c1-16-13(8-5-12(15)18-7-8)10-4-3-9(17-2)6-11(10)14/h3-7,13,16H,1-2H3. The second-order valence-corrected chi connectivity index (χ2v) is 6.94. The second kappa shape index (κ2) is 6.19. The van der Waals surface area contributed by atoms with Crippen LogP contribution in [0.5, 0.6) is 5.75 Å². The molecule has 0 aliphatic heterocycles. The molecule has 1 unspecified atom stereocenters. The molecule has 0 aliphatic carbocycles. The van der Waals surface area contributed by atoms with Crippen molar-refractivity contribution in [3.8, 4) is 5.75 Å². The van der Waals surface area contributed by atoms with E-state index >= 15 is 0 Å². The maximum absolute atomic E-state index is 5.22. The van der Waals surface area contributed by atoms with Gasteiger partial charge in [0.2, 0.25) is 0 Å². The molecular formula is C13H13Br2NOS. The molecule has 2 nitrogen and oxygen atoms in total. The average molecular weight is 391 g/mol. The minimum atomic E-state index is 0.174. The van der Waals surface area contributed by atoms with Crippen LogP contribution in [0.2, 0.25) is 0 Å². The highest BCUT2D eigenvalue weighted by Gasteiger charge is 2.16. The van der Waals surface area contributed by atoms with Crippen molar-refractivity contribution < 1.29 is 4.74 Å². The van der Waals surface area contributed by atoms with Crippen molar-refractivity contribution in [2.24, 2.45) is 0 Å². The molecule has 1 heterocycles. The molecule has 0 spiro atoms. The fourth-order valence-electron chi connectivity index (χ4n) is 1.85. The van der Waals surface area contributed by atoms with Gasteiger partial charge in [-0.05, 0) is 57.7 Å². The molecule has 96 valence electrons. The number of methoxy groups -OCH3 is 1. The van der Waals surface area contributed by atoms with Crippen molar-refractivity contribution in [1.82, 2.24) is 5.32 Å². The molecule has 0 aliphatic rings. The molecule has 0 amide bonds. The lowest BCUT2D eigenvalue weighted by Crippen LogP contribution is -2.17. The number of nitrogens with one attached hydrogen (secondary N) is 1. The van der Waals surface area contributed by atoms with Crippen LogP contribution in [0, 0.1) is 0 Å². The predicted molar refractivity (Wildman–Crippen MR) is 83.6 cm³/mol. The first kappa shape index (κ1) is 14.1. The lowest BCUT2D eigenvalue weighted by molar-refractivity contribution is 0.414. The first-order chi connectivity index (χ1) is 8.65. The normalized spacial score (nSPS) is 12.4. The third kappa shape index (κ3) is 2.96. The third-order valence-corrected chi connectivity index (χ3v) is 4.94. The van der Waals surface area contributed by atoms with Crippen molar-refractivity contribution in [2.45, 2.75) is 6.04 Å². The molecule has 5 heteroatoms. The van der Waals surface area contributed by atoms with E-state index in [1.54, 1.807) is 18.4 Å². The van der Waals surface area contributed by atoms with E-state index in [-0.39, 0.29) is 6.04 Å². The van der Waals surface area contributed by atoms with Gasteiger partial charge in [0.05, 0.1) is 16.9 Å². The fraction of sp³-hybridized carbons (Fsp3) is 0.231. The molecule has 0 saturated heterocycles. The Labute approximate surface area is 128 Å². The minimum absolute atomic E-state index is 0.174. The zero-order valence-corrected chi connectivity index (χ0v) is 14.0. The quantitative estimate of drug-likeness (QED) is 0.824. The molecule has 2 rings (SSSR count). The van der Waals surface area contributed by atoms with Gasteiger partial charge in [-0.25, -0.2) is 0 Å². The lowest BCUT2D eigenvalue weighted by Gasteiger charge is -2.17. The summed E-state index contributed by atoms with van der Waals surface area (Å²) in [6.45, 7) is 0. The second-order valence-electron chi connectivity index (χ2n) is 3.79. The van der Waals surface area contributed by atoms with Crippen molar-refractivity contribution >= 4 is 43.2 Å². The monoisotopic (exact) mass is 389 g/mol. The van der Waals surface area contributed by atoms with Crippen LogP contribution in [0.4, 0.5) is 0 Å². The Kier molecular flexibility index (Phi) is 4.84. The largest absolute Gasteiger partial charge is 0.497 e. The van der Waals surface area contributed by atoms with E-state index in [9.17, 15) is 0 Å². The molecular weight excluding hydrogens is 378 g/mol. The number of hydrogen-bond donors (Lipinski definition) is 1. The van der Waals surface area contributed by atoms with Crippen LogP contribution in [0.25, 0.3) is 0 Å². The Morgan fingerprint density at radius 1 is 1.28 bits per heavy atom. The number of rotatable bonds is 4. The van der Waals surface area contributed by atoms with Crippen molar-refractivity contribution in [2.75, 3.05) is 14.2 Å². The molecule has 0 saturated carbocycles. The molecule has 18 heavy (non-hydrogen) atoms. The van der Waals surface area contributed by atoms with E-state index in [0.717, 1.165) is 14.0 Å². The smallest absolute Gasteiger partial charge is 0.120 e. The van der Waals surface area contributed by atoms with Gasteiger partial charge in [-0.1, -0.05) is 22.0 Å². The van der Waals surface area contributed by atoms with Crippen LogP contribution in [-0.4, -0.2) is 14.2 Å². The molecule has 1 atom stereocenters. The summed E-state index contributed by atoms with van der Waals surface area (Å²) in [7, 11) is 3.64. The Morgan fingerprint density at radius 3 is 2.56 bits per heavy atom. The van der Waals surface area contributed by atoms with Gasteiger partial charge in [0.25, 0.3) is 0 Å². The molecule has 0 bridgehead atoms. The first-order valence-electron chi connectivity index (χ1n) is 5.40. The molecule has 2 aromatic rings. The van der Waals surface area contributed by atoms with Gasteiger partial charge in [0.15, 0.2) is 0 Å². The topological polar surface area (TPSA) is 21.3 Å². The summed E-state index contributed by atoms with van der Waals surface area (Å²) in [5.74, 6) is 0.854. The van der Waals surface area contributed by atoms with Crippen LogP contribution in [0.3, 0.4) is 0 Å². The summed E-state index contributed by atoms with van der Waals surface area (Å²) in [6, 6.07) is 8.36. The van der Waals surface area contributed by atoms with Gasteiger partial charge in [-0.2, -0.15) is 0 Å². The number of hydrogen-bond acceptors (Lipinski definition) is 3. The van der Waals surface area contributed by atoms with Gasteiger partial charge in [0, 0.05) is 4.47 Å². The van der Waals surface area contributed by atoms with Crippen LogP contribution in [0.15, 0.2) is 37.9 Å². The molecule has 1 aromatic heterocycles. The summed E-state index contributed by atoms with van der Waals surface area (Å²) in [5.41, 5.74) is 2.45. The SMILES string of the molecule is CNC(c1csc(Br)c1)c1ccc(OC)cc1Br. The minimum Gasteiger partial charge on any atom is -0.497 e. The maximum atomic E-state index is 5.22. The van der Waals surface area contributed by atoms with Crippen molar-refractivity contribution in [3.05, 3.63) is 49.0 Å². The highest BCUT2D eigenvalue weighted by molar-refractivity contribution is 9.11. The summed E-state index contributed by atoms with van der Waals surface area (Å²) < 4.78 is 7.40. The Bertz CT molecular complexity index is 542. The van der Waals surface area contributed by atoms with E-state index in [0.29, 0.717) is 0 Å². The van der Waals surface area contributed by atoms with E-state index < -0.39 is 0 Å². The molecule has 1 N–H and O–H groups in total. The van der Waals surface area contributed by atoms with E-state index in [1.807, 2.05) is 19.2 Å². The third-order valence-electron chi connectivity index (χ3n) is 2.73. The first-order valence-corrected chi connectivity index (χ1v) is 7.87. The predicted octanol–water partition coefficient (Wildman–Crippen LogP) is 4.59. The van der Waals surface area contributed by atoms with E-state index in [1.165, 1.54) is 11.1 Å².